The first kappa shape index (κ1) is 18.2. The maximum absolute atomic E-state index is 12.8. The maximum Gasteiger partial charge on any atom is 0.264 e. The molecule has 4 nitrogen and oxygen atoms in total. The van der Waals surface area contributed by atoms with E-state index in [0.717, 1.165) is 16.0 Å². The minimum Gasteiger partial charge on any atom is -0.395 e. The van der Waals surface area contributed by atoms with Crippen LogP contribution >= 0.6 is 11.3 Å². The van der Waals surface area contributed by atoms with Crippen LogP contribution in [0.1, 0.15) is 32.1 Å². The highest BCUT2D eigenvalue weighted by Crippen LogP contribution is 2.23. The molecule has 0 spiro atoms. The number of aliphatic hydroxyl groups excluding tert-OH is 2. The Morgan fingerprint density at radius 2 is 1.96 bits per heavy atom. The number of thiophene rings is 1. The Kier molecular flexibility index (Phi) is 7.01. The molecule has 1 heterocycles. The van der Waals surface area contributed by atoms with Crippen LogP contribution in [-0.2, 0) is 6.54 Å². The number of rotatable bonds is 6. The lowest BCUT2D eigenvalue weighted by atomic mass is 10.2. The first-order valence-corrected chi connectivity index (χ1v) is 8.61. The van der Waals surface area contributed by atoms with Crippen LogP contribution in [0, 0.1) is 18.8 Å². The molecule has 0 bridgehead atoms. The van der Waals surface area contributed by atoms with Crippen LogP contribution in [0.15, 0.2) is 36.4 Å². The molecule has 0 saturated heterocycles. The van der Waals surface area contributed by atoms with E-state index in [0.29, 0.717) is 17.8 Å². The van der Waals surface area contributed by atoms with Crippen molar-refractivity contribution in [1.29, 1.82) is 0 Å². The Morgan fingerprint density at radius 1 is 1.21 bits per heavy atom. The molecule has 1 aromatic heterocycles. The van der Waals surface area contributed by atoms with Gasteiger partial charge in [0.2, 0.25) is 0 Å². The average molecular weight is 343 g/mol. The number of hydrogen-bond acceptors (Lipinski definition) is 4. The Labute approximate surface area is 146 Å². The molecule has 0 aliphatic heterocycles. The molecule has 2 rings (SSSR count). The van der Waals surface area contributed by atoms with E-state index in [1.165, 1.54) is 11.3 Å². The molecule has 0 saturated carbocycles. The predicted octanol–water partition coefficient (Wildman–Crippen LogP) is 2.43. The van der Waals surface area contributed by atoms with E-state index in [1.54, 1.807) is 4.90 Å². The monoisotopic (exact) mass is 343 g/mol. The summed E-state index contributed by atoms with van der Waals surface area (Å²) in [6, 6.07) is 11.6. The number of carbonyl (C=O) groups is 1. The summed E-state index contributed by atoms with van der Waals surface area (Å²) in [5, 5.41) is 18.1. The molecule has 0 atom stereocenters. The first-order chi connectivity index (χ1) is 11.7. The van der Waals surface area contributed by atoms with Crippen molar-refractivity contribution in [2.24, 2.45) is 0 Å². The number of nitrogens with zero attached hydrogens (tertiary/aromatic N) is 1. The van der Waals surface area contributed by atoms with Gasteiger partial charge in [-0.3, -0.25) is 4.79 Å². The highest BCUT2D eigenvalue weighted by atomic mass is 32.1. The second kappa shape index (κ2) is 9.24. The number of aryl methyl sites for hydroxylation is 1. The molecule has 0 fully saturated rings. The third-order valence-corrected chi connectivity index (χ3v) is 4.58. The third-order valence-electron chi connectivity index (χ3n) is 3.44. The number of hydrogen-bond donors (Lipinski definition) is 2. The van der Waals surface area contributed by atoms with Crippen molar-refractivity contribution in [3.63, 3.8) is 0 Å². The Morgan fingerprint density at radius 3 is 2.62 bits per heavy atom. The molecule has 2 N–H and O–H groups in total. The van der Waals surface area contributed by atoms with Crippen molar-refractivity contribution in [2.45, 2.75) is 19.9 Å². The summed E-state index contributed by atoms with van der Waals surface area (Å²) >= 11 is 1.35. The van der Waals surface area contributed by atoms with Gasteiger partial charge in [0.25, 0.3) is 5.91 Å². The van der Waals surface area contributed by atoms with Gasteiger partial charge in [-0.15, -0.1) is 11.3 Å². The zero-order valence-electron chi connectivity index (χ0n) is 13.7. The van der Waals surface area contributed by atoms with Gasteiger partial charge in [-0.05, 0) is 24.1 Å². The summed E-state index contributed by atoms with van der Waals surface area (Å²) < 4.78 is 0. The molecule has 0 aliphatic carbocycles. The molecule has 0 aliphatic rings. The van der Waals surface area contributed by atoms with E-state index in [4.69, 9.17) is 5.11 Å². The first-order valence-electron chi connectivity index (χ1n) is 7.80. The fourth-order valence-corrected chi connectivity index (χ4v) is 3.26. The van der Waals surface area contributed by atoms with Gasteiger partial charge in [0.15, 0.2) is 0 Å². The van der Waals surface area contributed by atoms with Crippen molar-refractivity contribution in [3.05, 3.63) is 57.3 Å². The van der Waals surface area contributed by atoms with Crippen molar-refractivity contribution in [1.82, 2.24) is 4.90 Å². The number of carbonyl (C=O) groups excluding carboxylic acids is 1. The highest BCUT2D eigenvalue weighted by Gasteiger charge is 2.19. The lowest BCUT2D eigenvalue weighted by Gasteiger charge is -2.21. The normalized spacial score (nSPS) is 10.1. The topological polar surface area (TPSA) is 60.8 Å². The molecule has 0 unspecified atom stereocenters. The van der Waals surface area contributed by atoms with E-state index >= 15 is 0 Å². The van der Waals surface area contributed by atoms with Crippen LogP contribution < -0.4 is 0 Å². The van der Waals surface area contributed by atoms with E-state index in [9.17, 15) is 9.90 Å². The lowest BCUT2D eigenvalue weighted by Crippen LogP contribution is -2.32. The highest BCUT2D eigenvalue weighted by molar-refractivity contribution is 7.14. The van der Waals surface area contributed by atoms with Crippen LogP contribution in [0.25, 0.3) is 0 Å². The smallest absolute Gasteiger partial charge is 0.264 e. The minimum atomic E-state index is -0.101. The van der Waals surface area contributed by atoms with Gasteiger partial charge < -0.3 is 15.1 Å². The Bertz CT molecular complexity index is 728. The van der Waals surface area contributed by atoms with Crippen LogP contribution in [0.2, 0.25) is 0 Å². The average Bonchev–Trinajstić information content (AvgIpc) is 2.96. The fourth-order valence-electron chi connectivity index (χ4n) is 2.24. The minimum absolute atomic E-state index is 0.0323. The molecule has 1 amide bonds. The fraction of sp³-hybridized carbons (Fsp3) is 0.316. The van der Waals surface area contributed by atoms with E-state index in [1.807, 2.05) is 43.3 Å². The van der Waals surface area contributed by atoms with Gasteiger partial charge in [-0.25, -0.2) is 0 Å². The van der Waals surface area contributed by atoms with Crippen LogP contribution in [-0.4, -0.2) is 40.8 Å². The summed E-state index contributed by atoms with van der Waals surface area (Å²) in [7, 11) is 0. The van der Waals surface area contributed by atoms with Crippen molar-refractivity contribution in [2.75, 3.05) is 19.8 Å². The summed E-state index contributed by atoms with van der Waals surface area (Å²) in [4.78, 5) is 15.9. The maximum atomic E-state index is 12.8. The Hall–Kier alpha value is -2.13. The quantitative estimate of drug-likeness (QED) is 0.792. The molecule has 5 heteroatoms. The second-order valence-corrected chi connectivity index (χ2v) is 6.39. The van der Waals surface area contributed by atoms with Crippen LogP contribution in [0.3, 0.4) is 0 Å². The number of amides is 1. The molecular weight excluding hydrogens is 322 g/mol. The largest absolute Gasteiger partial charge is 0.395 e. The number of aliphatic hydroxyl groups is 2. The predicted molar refractivity (Wildman–Crippen MR) is 95.9 cm³/mol. The summed E-state index contributed by atoms with van der Waals surface area (Å²) in [6.07, 6.45) is 0.422. The van der Waals surface area contributed by atoms with Gasteiger partial charge in [-0.2, -0.15) is 0 Å². The zero-order valence-corrected chi connectivity index (χ0v) is 14.5. The molecule has 126 valence electrons. The summed E-state index contributed by atoms with van der Waals surface area (Å²) in [5.74, 6) is 5.78. The van der Waals surface area contributed by atoms with Crippen LogP contribution in [0.5, 0.6) is 0 Å². The van der Waals surface area contributed by atoms with Gasteiger partial charge in [0, 0.05) is 19.5 Å². The van der Waals surface area contributed by atoms with E-state index in [-0.39, 0.29) is 25.7 Å². The summed E-state index contributed by atoms with van der Waals surface area (Å²) in [5.41, 5.74) is 1.98. The zero-order chi connectivity index (χ0) is 17.4. The molecule has 24 heavy (non-hydrogen) atoms. The van der Waals surface area contributed by atoms with Gasteiger partial charge >= 0.3 is 0 Å². The lowest BCUT2D eigenvalue weighted by molar-refractivity contribution is 0.0712. The van der Waals surface area contributed by atoms with Crippen molar-refractivity contribution in [3.8, 4) is 11.8 Å². The van der Waals surface area contributed by atoms with E-state index in [2.05, 4.69) is 11.8 Å². The number of benzene rings is 1. The SMILES string of the molecule is Cc1cc(C(=O)N(CCO)Cc2ccccc2)sc1C#CCCO. The second-order valence-electron chi connectivity index (χ2n) is 5.33. The van der Waals surface area contributed by atoms with Gasteiger partial charge in [0.05, 0.1) is 23.0 Å². The molecule has 2 aromatic rings. The summed E-state index contributed by atoms with van der Waals surface area (Å²) in [6.45, 7) is 2.62. The van der Waals surface area contributed by atoms with Gasteiger partial charge in [-0.1, -0.05) is 42.2 Å². The molecular formula is C19H21NO3S. The molecule has 1 aromatic carbocycles. The standard InChI is InChI=1S/C19H21NO3S/c1-15-13-18(24-17(15)9-5-6-11-21)19(23)20(10-12-22)14-16-7-3-2-4-8-16/h2-4,7-8,13,21-22H,6,10-12,14H2,1H3. The van der Waals surface area contributed by atoms with Crippen molar-refractivity contribution >= 4 is 17.2 Å². The Balaban J connectivity index is 2.18. The van der Waals surface area contributed by atoms with Crippen molar-refractivity contribution < 1.29 is 15.0 Å². The third kappa shape index (κ3) is 4.93. The van der Waals surface area contributed by atoms with Gasteiger partial charge in [0.1, 0.15) is 0 Å². The van der Waals surface area contributed by atoms with Crippen LogP contribution in [0.4, 0.5) is 0 Å². The van der Waals surface area contributed by atoms with E-state index < -0.39 is 0 Å². The molecule has 0 radical (unpaired) electrons.